The van der Waals surface area contributed by atoms with E-state index in [4.69, 9.17) is 12.2 Å². The number of hydrogen-bond acceptors (Lipinski definition) is 3. The molecule has 98 valence electrons. The molecule has 4 fully saturated rings. The zero-order valence-electron chi connectivity index (χ0n) is 10.4. The predicted octanol–water partition coefficient (Wildman–Crippen LogP) is 2.36. The van der Waals surface area contributed by atoms with Crippen LogP contribution < -0.4 is 0 Å². The highest BCUT2D eigenvalue weighted by molar-refractivity contribution is 7.71. The summed E-state index contributed by atoms with van der Waals surface area (Å²) in [5, 5.41) is 16.5. The first-order chi connectivity index (χ1) is 8.70. The van der Waals surface area contributed by atoms with Crippen LogP contribution in [0.25, 0.3) is 0 Å². The van der Waals surface area contributed by atoms with E-state index in [9.17, 15) is 5.11 Å². The lowest BCUT2D eigenvalue weighted by molar-refractivity contribution is -0.0464. The standard InChI is InChI=1S/C13H19N3OS/c17-7-11-14-15-12(18)16(11)13-4-8-1-9(5-13)3-10(2-8)6-13/h8-10,17H,1-7H2,(H,15,18). The molecule has 4 aliphatic rings. The van der Waals surface area contributed by atoms with E-state index in [0.29, 0.717) is 4.77 Å². The number of aliphatic hydroxyl groups is 1. The SMILES string of the molecule is OCc1n[nH]c(=S)n1C12CC3CC(CC(C3)C1)C2. The van der Waals surface area contributed by atoms with E-state index in [1.807, 2.05) is 0 Å². The number of aliphatic hydroxyl groups excluding tert-OH is 1. The van der Waals surface area contributed by atoms with Crippen LogP contribution >= 0.6 is 12.2 Å². The van der Waals surface area contributed by atoms with Crippen LogP contribution in [0, 0.1) is 22.5 Å². The minimum atomic E-state index is -0.0190. The second-order valence-electron chi connectivity index (χ2n) is 6.58. The number of nitrogens with zero attached hydrogens (tertiary/aromatic N) is 2. The first kappa shape index (κ1) is 11.2. The lowest BCUT2D eigenvalue weighted by atomic mass is 9.53. The summed E-state index contributed by atoms with van der Waals surface area (Å²) in [6, 6.07) is 0. The Balaban J connectivity index is 1.83. The third kappa shape index (κ3) is 1.40. The molecular formula is C13H19N3OS. The third-order valence-electron chi connectivity index (χ3n) is 5.36. The highest BCUT2D eigenvalue weighted by atomic mass is 32.1. The van der Waals surface area contributed by atoms with Crippen LogP contribution in [0.4, 0.5) is 0 Å². The molecule has 0 spiro atoms. The predicted molar refractivity (Wildman–Crippen MR) is 69.5 cm³/mol. The molecule has 0 aliphatic heterocycles. The van der Waals surface area contributed by atoms with Crippen LogP contribution in [0.3, 0.4) is 0 Å². The lowest BCUT2D eigenvalue weighted by Crippen LogP contribution is -2.52. The van der Waals surface area contributed by atoms with E-state index in [-0.39, 0.29) is 12.1 Å². The lowest BCUT2D eigenvalue weighted by Gasteiger charge is -2.57. The van der Waals surface area contributed by atoms with Gasteiger partial charge in [0.25, 0.3) is 0 Å². The van der Waals surface area contributed by atoms with Crippen molar-refractivity contribution in [1.29, 1.82) is 0 Å². The van der Waals surface area contributed by atoms with Crippen molar-refractivity contribution in [2.75, 3.05) is 0 Å². The van der Waals surface area contributed by atoms with Gasteiger partial charge >= 0.3 is 0 Å². The highest BCUT2D eigenvalue weighted by Crippen LogP contribution is 2.59. The molecule has 1 aromatic heterocycles. The summed E-state index contributed by atoms with van der Waals surface area (Å²) in [6.45, 7) is -0.0190. The van der Waals surface area contributed by atoms with Crippen LogP contribution in [0.5, 0.6) is 0 Å². The summed E-state index contributed by atoms with van der Waals surface area (Å²) < 4.78 is 2.85. The van der Waals surface area contributed by atoms with Gasteiger partial charge in [0.1, 0.15) is 6.61 Å². The van der Waals surface area contributed by atoms with Crippen molar-refractivity contribution in [1.82, 2.24) is 14.8 Å². The van der Waals surface area contributed by atoms with Crippen LogP contribution in [-0.2, 0) is 12.1 Å². The summed E-state index contributed by atoms with van der Waals surface area (Å²) >= 11 is 5.41. The molecule has 1 heterocycles. The van der Waals surface area contributed by atoms with Gasteiger partial charge in [0.2, 0.25) is 0 Å². The summed E-state index contributed by atoms with van der Waals surface area (Å²) in [6.07, 6.45) is 7.95. The van der Waals surface area contributed by atoms with Gasteiger partial charge in [0.05, 0.1) is 0 Å². The number of H-pyrrole nitrogens is 1. The van der Waals surface area contributed by atoms with E-state index < -0.39 is 0 Å². The Kier molecular flexibility index (Phi) is 2.28. The molecule has 5 rings (SSSR count). The Morgan fingerprint density at radius 2 is 1.78 bits per heavy atom. The van der Waals surface area contributed by atoms with Gasteiger partial charge in [-0.1, -0.05) is 0 Å². The molecule has 0 unspecified atom stereocenters. The Morgan fingerprint density at radius 3 is 2.28 bits per heavy atom. The van der Waals surface area contributed by atoms with E-state index >= 15 is 0 Å². The van der Waals surface area contributed by atoms with E-state index in [2.05, 4.69) is 14.8 Å². The van der Waals surface area contributed by atoms with Crippen LogP contribution in [-0.4, -0.2) is 19.9 Å². The molecule has 2 N–H and O–H groups in total. The number of rotatable bonds is 2. The van der Waals surface area contributed by atoms with Gasteiger partial charge in [-0.05, 0) is 68.5 Å². The number of hydrogen-bond donors (Lipinski definition) is 2. The molecular weight excluding hydrogens is 246 g/mol. The van der Waals surface area contributed by atoms with Crippen molar-refractivity contribution in [2.24, 2.45) is 17.8 Å². The molecule has 0 radical (unpaired) electrons. The number of aromatic amines is 1. The maximum atomic E-state index is 9.48. The first-order valence-corrected chi connectivity index (χ1v) is 7.39. The Labute approximate surface area is 111 Å². The van der Waals surface area contributed by atoms with Gasteiger partial charge in [0.15, 0.2) is 10.6 Å². The topological polar surface area (TPSA) is 53.8 Å². The van der Waals surface area contributed by atoms with Crippen molar-refractivity contribution in [3.8, 4) is 0 Å². The van der Waals surface area contributed by atoms with E-state index in [0.717, 1.165) is 23.6 Å². The fraction of sp³-hybridized carbons (Fsp3) is 0.846. The molecule has 0 saturated heterocycles. The normalized spacial score (nSPS) is 41.5. The number of aromatic nitrogens is 3. The molecule has 5 heteroatoms. The minimum Gasteiger partial charge on any atom is -0.388 e. The van der Waals surface area contributed by atoms with Gasteiger partial charge in [-0.2, -0.15) is 5.10 Å². The summed E-state index contributed by atoms with van der Waals surface area (Å²) in [5.74, 6) is 3.35. The molecule has 4 bridgehead atoms. The maximum Gasteiger partial charge on any atom is 0.195 e. The van der Waals surface area contributed by atoms with Crippen LogP contribution in [0.1, 0.15) is 44.3 Å². The minimum absolute atomic E-state index is 0.0190. The Bertz CT molecular complexity index is 497. The zero-order chi connectivity index (χ0) is 12.3. The molecule has 4 saturated carbocycles. The summed E-state index contributed by atoms with van der Waals surface area (Å²) in [4.78, 5) is 0. The van der Waals surface area contributed by atoms with Gasteiger partial charge in [0, 0.05) is 5.54 Å². The van der Waals surface area contributed by atoms with E-state index in [1.54, 1.807) is 0 Å². The summed E-state index contributed by atoms with van der Waals surface area (Å²) in [7, 11) is 0. The largest absolute Gasteiger partial charge is 0.388 e. The smallest absolute Gasteiger partial charge is 0.195 e. The first-order valence-electron chi connectivity index (χ1n) is 6.98. The van der Waals surface area contributed by atoms with E-state index in [1.165, 1.54) is 38.5 Å². The second kappa shape index (κ2) is 3.67. The Morgan fingerprint density at radius 1 is 1.22 bits per heavy atom. The molecule has 18 heavy (non-hydrogen) atoms. The fourth-order valence-corrected chi connectivity index (χ4v) is 5.61. The van der Waals surface area contributed by atoms with Crippen LogP contribution in [0.2, 0.25) is 0 Å². The average Bonchev–Trinajstić information content (AvgIpc) is 2.69. The quantitative estimate of drug-likeness (QED) is 0.807. The molecule has 1 aromatic rings. The van der Waals surface area contributed by atoms with Gasteiger partial charge in [-0.25, -0.2) is 0 Å². The average molecular weight is 265 g/mol. The second-order valence-corrected chi connectivity index (χ2v) is 6.97. The molecule has 4 nitrogen and oxygen atoms in total. The zero-order valence-corrected chi connectivity index (χ0v) is 11.2. The molecule has 0 aromatic carbocycles. The van der Waals surface area contributed by atoms with Crippen molar-refractivity contribution in [3.05, 3.63) is 10.6 Å². The van der Waals surface area contributed by atoms with Gasteiger partial charge in [-0.15, -0.1) is 0 Å². The van der Waals surface area contributed by atoms with Gasteiger partial charge in [-0.3, -0.25) is 9.67 Å². The highest BCUT2D eigenvalue weighted by Gasteiger charge is 2.52. The Hall–Kier alpha value is -0.680. The fourth-order valence-electron chi connectivity index (χ4n) is 5.26. The maximum absolute atomic E-state index is 9.48. The van der Waals surface area contributed by atoms with Crippen LogP contribution in [0.15, 0.2) is 0 Å². The van der Waals surface area contributed by atoms with Crippen molar-refractivity contribution < 1.29 is 5.11 Å². The van der Waals surface area contributed by atoms with Gasteiger partial charge < -0.3 is 5.11 Å². The monoisotopic (exact) mass is 265 g/mol. The van der Waals surface area contributed by atoms with Crippen molar-refractivity contribution in [3.63, 3.8) is 0 Å². The molecule has 0 amide bonds. The van der Waals surface area contributed by atoms with Crippen molar-refractivity contribution >= 4 is 12.2 Å². The molecule has 4 aliphatic carbocycles. The number of nitrogens with one attached hydrogen (secondary N) is 1. The summed E-state index contributed by atoms with van der Waals surface area (Å²) in [5.41, 5.74) is 0.164. The molecule has 0 atom stereocenters. The van der Waals surface area contributed by atoms with Crippen molar-refractivity contribution in [2.45, 2.75) is 50.7 Å². The third-order valence-corrected chi connectivity index (χ3v) is 5.64.